The molecule has 0 amide bonds. The number of thiazole rings is 1. The summed E-state index contributed by atoms with van der Waals surface area (Å²) < 4.78 is 0. The van der Waals surface area contributed by atoms with Gasteiger partial charge in [-0.2, -0.15) is 0 Å². The maximum absolute atomic E-state index is 5.93. The van der Waals surface area contributed by atoms with Gasteiger partial charge in [0.1, 0.15) is 5.01 Å². The van der Waals surface area contributed by atoms with E-state index in [1.807, 2.05) is 12.3 Å². The van der Waals surface area contributed by atoms with Crippen molar-refractivity contribution in [1.29, 1.82) is 0 Å². The number of nitrogens with one attached hydrogen (secondary N) is 1. The number of hydrogen-bond acceptors (Lipinski definition) is 3. The summed E-state index contributed by atoms with van der Waals surface area (Å²) in [6.45, 7) is 0. The van der Waals surface area contributed by atoms with Gasteiger partial charge < -0.3 is 10.7 Å². The van der Waals surface area contributed by atoms with Gasteiger partial charge in [0.05, 0.1) is 11.4 Å². The van der Waals surface area contributed by atoms with E-state index in [9.17, 15) is 0 Å². The first-order valence-corrected chi connectivity index (χ1v) is 7.05. The van der Waals surface area contributed by atoms with Crippen LogP contribution in [0, 0.1) is 0 Å². The van der Waals surface area contributed by atoms with Crippen LogP contribution < -0.4 is 5.73 Å². The van der Waals surface area contributed by atoms with Crippen LogP contribution in [0.25, 0.3) is 10.7 Å². The number of nitrogens with two attached hydrogens (primary N) is 1. The minimum absolute atomic E-state index is 0.410. The van der Waals surface area contributed by atoms with Gasteiger partial charge >= 0.3 is 0 Å². The maximum Gasteiger partial charge on any atom is 0.139 e. The molecule has 2 heterocycles. The first kappa shape index (κ1) is 11.0. The SMILES string of the molecule is NC1CCC(c2csc(-c3ccc[nH]3)n2)CC1. The Kier molecular flexibility index (Phi) is 2.99. The molecule has 3 N–H and O–H groups in total. The van der Waals surface area contributed by atoms with E-state index < -0.39 is 0 Å². The van der Waals surface area contributed by atoms with Crippen molar-refractivity contribution < 1.29 is 0 Å². The molecule has 3 nitrogen and oxygen atoms in total. The third-order valence-electron chi connectivity index (χ3n) is 3.54. The van der Waals surface area contributed by atoms with E-state index in [0.29, 0.717) is 12.0 Å². The molecule has 0 radical (unpaired) electrons. The molecule has 90 valence electrons. The van der Waals surface area contributed by atoms with Crippen molar-refractivity contribution in [3.8, 4) is 10.7 Å². The second-order valence-electron chi connectivity index (χ2n) is 4.77. The highest BCUT2D eigenvalue weighted by Gasteiger charge is 2.22. The predicted octanol–water partition coefficient (Wildman–Crippen LogP) is 3.12. The molecule has 17 heavy (non-hydrogen) atoms. The van der Waals surface area contributed by atoms with Gasteiger partial charge in [-0.15, -0.1) is 11.3 Å². The minimum Gasteiger partial charge on any atom is -0.359 e. The van der Waals surface area contributed by atoms with Gasteiger partial charge in [-0.3, -0.25) is 0 Å². The Morgan fingerprint density at radius 2 is 2.12 bits per heavy atom. The van der Waals surface area contributed by atoms with Crippen LogP contribution in [0.4, 0.5) is 0 Å². The van der Waals surface area contributed by atoms with E-state index in [1.54, 1.807) is 11.3 Å². The van der Waals surface area contributed by atoms with E-state index >= 15 is 0 Å². The summed E-state index contributed by atoms with van der Waals surface area (Å²) in [4.78, 5) is 7.95. The molecule has 1 aliphatic rings. The maximum atomic E-state index is 5.93. The van der Waals surface area contributed by atoms with E-state index in [-0.39, 0.29) is 0 Å². The zero-order valence-corrected chi connectivity index (χ0v) is 10.5. The van der Waals surface area contributed by atoms with Crippen LogP contribution in [0.1, 0.15) is 37.3 Å². The average molecular weight is 247 g/mol. The fourth-order valence-electron chi connectivity index (χ4n) is 2.48. The number of nitrogens with zero attached hydrogens (tertiary/aromatic N) is 1. The van der Waals surface area contributed by atoms with Crippen LogP contribution in [0.15, 0.2) is 23.7 Å². The van der Waals surface area contributed by atoms with E-state index in [4.69, 9.17) is 10.7 Å². The first-order valence-electron chi connectivity index (χ1n) is 6.17. The van der Waals surface area contributed by atoms with Gasteiger partial charge in [0.2, 0.25) is 0 Å². The molecule has 1 fully saturated rings. The van der Waals surface area contributed by atoms with Crippen LogP contribution in [-0.4, -0.2) is 16.0 Å². The Bertz CT molecular complexity index is 467. The summed E-state index contributed by atoms with van der Waals surface area (Å²) in [5.74, 6) is 0.620. The van der Waals surface area contributed by atoms with Crippen molar-refractivity contribution in [2.24, 2.45) is 5.73 Å². The second-order valence-corrected chi connectivity index (χ2v) is 5.63. The topological polar surface area (TPSA) is 54.7 Å². The third-order valence-corrected chi connectivity index (χ3v) is 4.43. The van der Waals surface area contributed by atoms with Gasteiger partial charge in [-0.25, -0.2) is 4.98 Å². The Labute approximate surface area is 105 Å². The number of hydrogen-bond donors (Lipinski definition) is 2. The molecule has 0 atom stereocenters. The summed E-state index contributed by atoms with van der Waals surface area (Å²) in [6, 6.07) is 4.49. The standard InChI is InChI=1S/C13H17N3S/c14-10-5-3-9(4-6-10)12-8-17-13(16-12)11-2-1-7-15-11/h1-2,7-10,15H,3-6,14H2. The summed E-state index contributed by atoms with van der Waals surface area (Å²) in [5.41, 5.74) is 8.31. The lowest BCUT2D eigenvalue weighted by Gasteiger charge is -2.24. The van der Waals surface area contributed by atoms with E-state index in [0.717, 1.165) is 23.5 Å². The normalized spacial score (nSPS) is 25.0. The largest absolute Gasteiger partial charge is 0.359 e. The molecule has 0 spiro atoms. The van der Waals surface area contributed by atoms with E-state index in [1.165, 1.54) is 18.5 Å². The highest BCUT2D eigenvalue weighted by molar-refractivity contribution is 7.13. The number of rotatable bonds is 2. The van der Waals surface area contributed by atoms with E-state index in [2.05, 4.69) is 16.4 Å². The van der Waals surface area contributed by atoms with Crippen molar-refractivity contribution in [2.45, 2.75) is 37.6 Å². The fourth-order valence-corrected chi connectivity index (χ4v) is 3.37. The van der Waals surface area contributed by atoms with Crippen molar-refractivity contribution in [3.05, 3.63) is 29.4 Å². The summed E-state index contributed by atoms with van der Waals surface area (Å²) in [7, 11) is 0. The molecule has 1 saturated carbocycles. The smallest absolute Gasteiger partial charge is 0.139 e. The lowest BCUT2D eigenvalue weighted by Crippen LogP contribution is -2.25. The monoisotopic (exact) mass is 247 g/mol. The fraction of sp³-hybridized carbons (Fsp3) is 0.462. The molecular formula is C13H17N3S. The number of H-pyrrole nitrogens is 1. The van der Waals surface area contributed by atoms with Crippen molar-refractivity contribution in [2.75, 3.05) is 0 Å². The molecule has 2 aromatic rings. The molecule has 4 heteroatoms. The van der Waals surface area contributed by atoms with Crippen LogP contribution in [0.5, 0.6) is 0 Å². The van der Waals surface area contributed by atoms with Gasteiger partial charge in [0.15, 0.2) is 0 Å². The van der Waals surface area contributed by atoms with Crippen molar-refractivity contribution in [1.82, 2.24) is 9.97 Å². The lowest BCUT2D eigenvalue weighted by atomic mass is 9.85. The van der Waals surface area contributed by atoms with Crippen LogP contribution in [0.3, 0.4) is 0 Å². The third kappa shape index (κ3) is 2.28. The molecule has 0 bridgehead atoms. The van der Waals surface area contributed by atoms with Gasteiger partial charge in [-0.1, -0.05) is 0 Å². The first-order chi connectivity index (χ1) is 8.33. The highest BCUT2D eigenvalue weighted by atomic mass is 32.1. The molecule has 0 aromatic carbocycles. The van der Waals surface area contributed by atoms with Crippen LogP contribution in [-0.2, 0) is 0 Å². The second kappa shape index (κ2) is 4.63. The number of aromatic amines is 1. The molecule has 0 unspecified atom stereocenters. The predicted molar refractivity (Wildman–Crippen MR) is 71.1 cm³/mol. The quantitative estimate of drug-likeness (QED) is 0.856. The zero-order valence-electron chi connectivity index (χ0n) is 9.73. The molecule has 0 aliphatic heterocycles. The van der Waals surface area contributed by atoms with Gasteiger partial charge in [0, 0.05) is 23.5 Å². The lowest BCUT2D eigenvalue weighted by molar-refractivity contribution is 0.391. The van der Waals surface area contributed by atoms with Crippen molar-refractivity contribution >= 4 is 11.3 Å². The Hall–Kier alpha value is -1.13. The summed E-state index contributed by atoms with van der Waals surface area (Å²) in [6.07, 6.45) is 6.60. The molecular weight excluding hydrogens is 230 g/mol. The van der Waals surface area contributed by atoms with Crippen LogP contribution >= 0.6 is 11.3 Å². The Balaban J connectivity index is 1.76. The van der Waals surface area contributed by atoms with Crippen molar-refractivity contribution in [3.63, 3.8) is 0 Å². The minimum atomic E-state index is 0.410. The molecule has 2 aromatic heterocycles. The summed E-state index contributed by atoms with van der Waals surface area (Å²) >= 11 is 1.73. The van der Waals surface area contributed by atoms with Crippen LogP contribution in [0.2, 0.25) is 0 Å². The number of aromatic nitrogens is 2. The summed E-state index contributed by atoms with van der Waals surface area (Å²) in [5, 5.41) is 3.30. The molecule has 0 saturated heterocycles. The molecule has 3 rings (SSSR count). The highest BCUT2D eigenvalue weighted by Crippen LogP contribution is 2.34. The van der Waals surface area contributed by atoms with Gasteiger partial charge in [-0.05, 0) is 37.8 Å². The Morgan fingerprint density at radius 1 is 1.29 bits per heavy atom. The average Bonchev–Trinajstić information content (AvgIpc) is 3.00. The zero-order chi connectivity index (χ0) is 11.7. The Morgan fingerprint density at radius 3 is 2.82 bits per heavy atom. The van der Waals surface area contributed by atoms with Gasteiger partial charge in [0.25, 0.3) is 0 Å². The molecule has 1 aliphatic carbocycles.